The summed E-state index contributed by atoms with van der Waals surface area (Å²) in [6, 6.07) is 15.0. The summed E-state index contributed by atoms with van der Waals surface area (Å²) in [5, 5.41) is 9.37. The van der Waals surface area contributed by atoms with E-state index in [4.69, 9.17) is 21.3 Å². The minimum atomic E-state index is 0.374. The first kappa shape index (κ1) is 11.8. The quantitative estimate of drug-likeness (QED) is 0.699. The molecule has 2 aromatic carbocycles. The van der Waals surface area contributed by atoms with Crippen molar-refractivity contribution >= 4 is 22.7 Å². The Labute approximate surface area is 115 Å². The monoisotopic (exact) mass is 268 g/mol. The van der Waals surface area contributed by atoms with E-state index in [1.807, 2.05) is 30.3 Å². The third-order valence-corrected chi connectivity index (χ3v) is 3.08. The van der Waals surface area contributed by atoms with Crippen LogP contribution in [0.5, 0.6) is 0 Å². The van der Waals surface area contributed by atoms with E-state index in [0.29, 0.717) is 22.9 Å². The molecule has 0 aliphatic carbocycles. The summed E-state index contributed by atoms with van der Waals surface area (Å²) in [5.41, 5.74) is 3.29. The van der Waals surface area contributed by atoms with Crippen molar-refractivity contribution in [2.75, 3.05) is 0 Å². The van der Waals surface area contributed by atoms with Gasteiger partial charge in [0.05, 0.1) is 12.5 Å². The highest BCUT2D eigenvalue weighted by Gasteiger charge is 2.08. The van der Waals surface area contributed by atoms with Gasteiger partial charge in [-0.3, -0.25) is 0 Å². The number of nitrogens with zero attached hydrogens (tertiary/aromatic N) is 2. The molecule has 0 radical (unpaired) electrons. The Morgan fingerprint density at radius 3 is 2.68 bits per heavy atom. The number of benzene rings is 2. The summed E-state index contributed by atoms with van der Waals surface area (Å²) in [5.74, 6) is 0.556. The average Bonchev–Trinajstić information content (AvgIpc) is 2.83. The molecule has 0 unspecified atom stereocenters. The predicted octanol–water partition coefficient (Wildman–Crippen LogP) is 4.21. The highest BCUT2D eigenvalue weighted by Crippen LogP contribution is 2.26. The zero-order chi connectivity index (χ0) is 13.2. The smallest absolute Gasteiger partial charge is 0.227 e. The van der Waals surface area contributed by atoms with Crippen LogP contribution in [0, 0.1) is 11.3 Å². The van der Waals surface area contributed by atoms with Gasteiger partial charge >= 0.3 is 0 Å². The topological polar surface area (TPSA) is 49.8 Å². The molecule has 0 fully saturated rings. The lowest BCUT2D eigenvalue weighted by atomic mass is 10.1. The highest BCUT2D eigenvalue weighted by atomic mass is 35.5. The van der Waals surface area contributed by atoms with Crippen molar-refractivity contribution in [3.63, 3.8) is 0 Å². The molecule has 1 aromatic heterocycles. The van der Waals surface area contributed by atoms with Gasteiger partial charge in [-0.25, -0.2) is 4.98 Å². The van der Waals surface area contributed by atoms with Gasteiger partial charge in [0.1, 0.15) is 5.52 Å². The Bertz CT molecular complexity index is 769. The van der Waals surface area contributed by atoms with Crippen LogP contribution < -0.4 is 0 Å². The molecule has 19 heavy (non-hydrogen) atoms. The van der Waals surface area contributed by atoms with Crippen molar-refractivity contribution in [2.24, 2.45) is 0 Å². The molecule has 3 nitrogen and oxygen atoms in total. The van der Waals surface area contributed by atoms with Crippen molar-refractivity contribution in [1.82, 2.24) is 4.98 Å². The third-order valence-electron chi connectivity index (χ3n) is 2.83. The average molecular weight is 269 g/mol. The lowest BCUT2D eigenvalue weighted by molar-refractivity contribution is 0.620. The van der Waals surface area contributed by atoms with Crippen molar-refractivity contribution in [3.05, 3.63) is 53.1 Å². The second-order valence-electron chi connectivity index (χ2n) is 4.16. The van der Waals surface area contributed by atoms with Crippen molar-refractivity contribution in [2.45, 2.75) is 6.42 Å². The Kier molecular flexibility index (Phi) is 2.94. The molecule has 3 rings (SSSR count). The second-order valence-corrected chi connectivity index (χ2v) is 4.60. The first-order valence-corrected chi connectivity index (χ1v) is 6.16. The van der Waals surface area contributed by atoms with Crippen LogP contribution in [-0.4, -0.2) is 4.98 Å². The maximum absolute atomic E-state index is 8.69. The van der Waals surface area contributed by atoms with Crippen LogP contribution in [-0.2, 0) is 6.42 Å². The van der Waals surface area contributed by atoms with Gasteiger partial charge < -0.3 is 4.42 Å². The van der Waals surface area contributed by atoms with Gasteiger partial charge in [-0.2, -0.15) is 5.26 Å². The van der Waals surface area contributed by atoms with Crippen LogP contribution in [0.4, 0.5) is 0 Å². The molecule has 3 aromatic rings. The molecule has 0 amide bonds. The minimum Gasteiger partial charge on any atom is -0.436 e. The Hall–Kier alpha value is -2.31. The van der Waals surface area contributed by atoms with Gasteiger partial charge in [-0.1, -0.05) is 17.7 Å². The van der Waals surface area contributed by atoms with Crippen LogP contribution in [0.25, 0.3) is 22.6 Å². The molecule has 0 aliphatic rings. The SMILES string of the molecule is N#CCc1ccc2oc(-c3ccc(Cl)cc3)nc2c1. The van der Waals surface area contributed by atoms with Crippen LogP contribution in [0.3, 0.4) is 0 Å². The molecule has 0 N–H and O–H groups in total. The van der Waals surface area contributed by atoms with Crippen LogP contribution >= 0.6 is 11.6 Å². The fourth-order valence-corrected chi connectivity index (χ4v) is 2.02. The number of hydrogen-bond acceptors (Lipinski definition) is 3. The second kappa shape index (κ2) is 4.75. The van der Waals surface area contributed by atoms with Crippen molar-refractivity contribution < 1.29 is 4.42 Å². The fourth-order valence-electron chi connectivity index (χ4n) is 1.89. The van der Waals surface area contributed by atoms with E-state index in [1.54, 1.807) is 12.1 Å². The molecule has 0 saturated heterocycles. The van der Waals surface area contributed by atoms with Gasteiger partial charge in [0, 0.05) is 10.6 Å². The summed E-state index contributed by atoms with van der Waals surface area (Å²) in [4.78, 5) is 4.44. The van der Waals surface area contributed by atoms with Gasteiger partial charge in [0.2, 0.25) is 5.89 Å². The number of aromatic nitrogens is 1. The largest absolute Gasteiger partial charge is 0.436 e. The Morgan fingerprint density at radius 2 is 1.95 bits per heavy atom. The number of fused-ring (bicyclic) bond motifs is 1. The number of rotatable bonds is 2. The zero-order valence-corrected chi connectivity index (χ0v) is 10.7. The third kappa shape index (κ3) is 2.31. The molecular formula is C15H9ClN2O. The van der Waals surface area contributed by atoms with E-state index in [1.165, 1.54) is 0 Å². The van der Waals surface area contributed by atoms with Gasteiger partial charge in [0.25, 0.3) is 0 Å². The number of halogens is 1. The van der Waals surface area contributed by atoms with E-state index in [0.717, 1.165) is 16.6 Å². The zero-order valence-electron chi connectivity index (χ0n) is 9.93. The summed E-state index contributed by atoms with van der Waals surface area (Å²) < 4.78 is 5.69. The maximum Gasteiger partial charge on any atom is 0.227 e. The fraction of sp³-hybridized carbons (Fsp3) is 0.0667. The standard InChI is InChI=1S/C15H9ClN2O/c16-12-4-2-11(3-5-12)15-18-13-9-10(7-8-17)1-6-14(13)19-15/h1-6,9H,7H2. The van der Waals surface area contributed by atoms with Crippen LogP contribution in [0.15, 0.2) is 46.9 Å². The van der Waals surface area contributed by atoms with Gasteiger partial charge in [-0.05, 0) is 42.0 Å². The van der Waals surface area contributed by atoms with E-state index in [-0.39, 0.29) is 0 Å². The lowest BCUT2D eigenvalue weighted by Gasteiger charge is -1.94. The molecule has 0 atom stereocenters. The summed E-state index contributed by atoms with van der Waals surface area (Å²) in [6.07, 6.45) is 0.374. The molecule has 1 heterocycles. The minimum absolute atomic E-state index is 0.374. The van der Waals surface area contributed by atoms with Crippen LogP contribution in [0.1, 0.15) is 5.56 Å². The molecule has 0 spiro atoms. The molecule has 4 heteroatoms. The summed E-state index contributed by atoms with van der Waals surface area (Å²) in [7, 11) is 0. The highest BCUT2D eigenvalue weighted by molar-refractivity contribution is 6.30. The normalized spacial score (nSPS) is 10.5. The maximum atomic E-state index is 8.69. The van der Waals surface area contributed by atoms with Crippen LogP contribution in [0.2, 0.25) is 5.02 Å². The van der Waals surface area contributed by atoms with E-state index < -0.39 is 0 Å². The molecular weight excluding hydrogens is 260 g/mol. The van der Waals surface area contributed by atoms with Gasteiger partial charge in [0.15, 0.2) is 5.58 Å². The summed E-state index contributed by atoms with van der Waals surface area (Å²) >= 11 is 5.85. The van der Waals surface area contributed by atoms with E-state index in [9.17, 15) is 0 Å². The van der Waals surface area contributed by atoms with Crippen molar-refractivity contribution in [1.29, 1.82) is 5.26 Å². The molecule has 0 saturated carbocycles. The first-order valence-electron chi connectivity index (χ1n) is 5.78. The first-order chi connectivity index (χ1) is 9.26. The molecule has 92 valence electrons. The van der Waals surface area contributed by atoms with E-state index in [2.05, 4.69) is 11.1 Å². The molecule has 0 bridgehead atoms. The van der Waals surface area contributed by atoms with Gasteiger partial charge in [-0.15, -0.1) is 0 Å². The summed E-state index contributed by atoms with van der Waals surface area (Å²) in [6.45, 7) is 0. The predicted molar refractivity (Wildman–Crippen MR) is 73.8 cm³/mol. The van der Waals surface area contributed by atoms with Crippen molar-refractivity contribution in [3.8, 4) is 17.5 Å². The number of hydrogen-bond donors (Lipinski definition) is 0. The lowest BCUT2D eigenvalue weighted by Crippen LogP contribution is -1.80. The number of oxazole rings is 1. The number of nitriles is 1. The van der Waals surface area contributed by atoms with E-state index >= 15 is 0 Å². The Balaban J connectivity index is 2.06. The molecule has 0 aliphatic heterocycles. The Morgan fingerprint density at radius 1 is 1.16 bits per heavy atom.